The van der Waals surface area contributed by atoms with Crippen LogP contribution < -0.4 is 5.32 Å². The molecule has 0 spiro atoms. The Morgan fingerprint density at radius 1 is 1.38 bits per heavy atom. The van der Waals surface area contributed by atoms with Gasteiger partial charge in [0.05, 0.1) is 10.6 Å². The Balaban J connectivity index is 2.18. The van der Waals surface area contributed by atoms with E-state index in [1.807, 2.05) is 0 Å². The van der Waals surface area contributed by atoms with E-state index in [1.165, 1.54) is 23.5 Å². The van der Waals surface area contributed by atoms with Crippen molar-refractivity contribution in [1.82, 2.24) is 0 Å². The Bertz CT molecular complexity index is 513. The third-order valence-corrected chi connectivity index (χ3v) is 3.29. The van der Waals surface area contributed by atoms with Gasteiger partial charge in [0.2, 0.25) is 0 Å². The number of nitrogens with one attached hydrogen (secondary N) is 1. The van der Waals surface area contributed by atoms with Crippen LogP contribution in [0.1, 0.15) is 9.67 Å². The lowest BCUT2D eigenvalue weighted by Crippen LogP contribution is -2.11. The summed E-state index contributed by atoms with van der Waals surface area (Å²) in [5.74, 6) is -0.754. The minimum absolute atomic E-state index is 0.182. The summed E-state index contributed by atoms with van der Waals surface area (Å²) in [4.78, 5) is 12.2. The van der Waals surface area contributed by atoms with Gasteiger partial charge in [-0.2, -0.15) is 0 Å². The summed E-state index contributed by atoms with van der Waals surface area (Å²) in [6.45, 7) is 0. The lowest BCUT2D eigenvalue weighted by molar-refractivity contribution is 0.103. The Labute approximate surface area is 104 Å². The van der Waals surface area contributed by atoms with Crippen LogP contribution >= 0.6 is 27.3 Å². The van der Waals surface area contributed by atoms with Crippen molar-refractivity contribution in [2.45, 2.75) is 0 Å². The summed E-state index contributed by atoms with van der Waals surface area (Å²) in [6, 6.07) is 7.97. The fraction of sp³-hybridized carbons (Fsp3) is 0. The highest BCUT2D eigenvalue weighted by Gasteiger charge is 2.09. The zero-order valence-electron chi connectivity index (χ0n) is 8.04. The van der Waals surface area contributed by atoms with Crippen molar-refractivity contribution >= 4 is 38.9 Å². The number of thiophene rings is 1. The quantitative estimate of drug-likeness (QED) is 0.895. The molecule has 0 aliphatic rings. The molecule has 0 aliphatic heterocycles. The Kier molecular flexibility index (Phi) is 3.36. The number of halogens is 2. The van der Waals surface area contributed by atoms with Crippen LogP contribution in [0.2, 0.25) is 0 Å². The molecule has 0 atom stereocenters. The molecule has 0 saturated carbocycles. The van der Waals surface area contributed by atoms with E-state index in [2.05, 4.69) is 21.2 Å². The van der Waals surface area contributed by atoms with E-state index >= 15 is 0 Å². The molecule has 1 N–H and O–H groups in total. The molecule has 1 aromatic carbocycles. The molecule has 2 nitrogen and oxygen atoms in total. The average molecular weight is 300 g/mol. The molecule has 0 unspecified atom stereocenters. The lowest BCUT2D eigenvalue weighted by atomic mass is 10.3. The molecular weight excluding hydrogens is 293 g/mol. The fourth-order valence-corrected chi connectivity index (χ4v) is 2.13. The van der Waals surface area contributed by atoms with Gasteiger partial charge in [-0.25, -0.2) is 4.39 Å². The first-order valence-corrected chi connectivity index (χ1v) is 6.14. The van der Waals surface area contributed by atoms with E-state index in [0.717, 1.165) is 0 Å². The van der Waals surface area contributed by atoms with Crippen molar-refractivity contribution in [3.05, 3.63) is 50.9 Å². The van der Waals surface area contributed by atoms with Crippen molar-refractivity contribution in [1.29, 1.82) is 0 Å². The Hall–Kier alpha value is -1.20. The van der Waals surface area contributed by atoms with Gasteiger partial charge in [0.1, 0.15) is 5.82 Å². The van der Waals surface area contributed by atoms with Crippen molar-refractivity contribution in [3.63, 3.8) is 0 Å². The largest absolute Gasteiger partial charge is 0.319 e. The lowest BCUT2D eigenvalue weighted by Gasteiger charge is -2.04. The molecule has 5 heteroatoms. The standard InChI is InChI=1S/C11H7BrFNOS/c12-7-3-4-9(8(13)6-7)14-11(15)10-2-1-5-16-10/h1-6H,(H,14,15). The van der Waals surface area contributed by atoms with E-state index in [1.54, 1.807) is 23.6 Å². The Morgan fingerprint density at radius 2 is 2.19 bits per heavy atom. The zero-order chi connectivity index (χ0) is 11.5. The molecular formula is C11H7BrFNOS. The van der Waals surface area contributed by atoms with Crippen molar-refractivity contribution < 1.29 is 9.18 Å². The first kappa shape index (κ1) is 11.3. The number of rotatable bonds is 2. The zero-order valence-corrected chi connectivity index (χ0v) is 10.4. The number of benzene rings is 1. The van der Waals surface area contributed by atoms with Gasteiger partial charge in [-0.05, 0) is 29.6 Å². The molecule has 0 aliphatic carbocycles. The highest BCUT2D eigenvalue weighted by Crippen LogP contribution is 2.20. The van der Waals surface area contributed by atoms with Crippen LogP contribution in [0, 0.1) is 5.82 Å². The second-order valence-electron chi connectivity index (χ2n) is 3.06. The molecule has 0 fully saturated rings. The van der Waals surface area contributed by atoms with E-state index in [-0.39, 0.29) is 11.6 Å². The van der Waals surface area contributed by atoms with E-state index in [9.17, 15) is 9.18 Å². The van der Waals surface area contributed by atoms with Crippen molar-refractivity contribution in [3.8, 4) is 0 Å². The highest BCUT2D eigenvalue weighted by molar-refractivity contribution is 9.10. The number of carbonyl (C=O) groups excluding carboxylic acids is 1. The van der Waals surface area contributed by atoms with Gasteiger partial charge in [-0.3, -0.25) is 4.79 Å². The van der Waals surface area contributed by atoms with Crippen LogP contribution in [0.3, 0.4) is 0 Å². The molecule has 0 saturated heterocycles. The summed E-state index contributed by atoms with van der Waals surface area (Å²) in [7, 11) is 0. The van der Waals surface area contributed by atoms with Crippen LogP contribution in [0.5, 0.6) is 0 Å². The van der Waals surface area contributed by atoms with Gasteiger partial charge in [-0.1, -0.05) is 22.0 Å². The monoisotopic (exact) mass is 299 g/mol. The molecule has 2 aromatic rings. The number of hydrogen-bond acceptors (Lipinski definition) is 2. The average Bonchev–Trinajstić information content (AvgIpc) is 2.75. The van der Waals surface area contributed by atoms with Crippen molar-refractivity contribution in [2.24, 2.45) is 0 Å². The summed E-state index contributed by atoms with van der Waals surface area (Å²) < 4.78 is 14.0. The highest BCUT2D eigenvalue weighted by atomic mass is 79.9. The van der Waals surface area contributed by atoms with Crippen LogP contribution in [-0.2, 0) is 0 Å². The van der Waals surface area contributed by atoms with Gasteiger partial charge in [-0.15, -0.1) is 11.3 Å². The maximum Gasteiger partial charge on any atom is 0.265 e. The number of anilines is 1. The normalized spacial score (nSPS) is 10.1. The minimum Gasteiger partial charge on any atom is -0.319 e. The predicted octanol–water partition coefficient (Wildman–Crippen LogP) is 3.90. The first-order valence-electron chi connectivity index (χ1n) is 4.47. The second-order valence-corrected chi connectivity index (χ2v) is 4.92. The topological polar surface area (TPSA) is 29.1 Å². The molecule has 0 bridgehead atoms. The maximum atomic E-state index is 13.4. The van der Waals surface area contributed by atoms with Crippen LogP contribution in [0.4, 0.5) is 10.1 Å². The number of carbonyl (C=O) groups is 1. The van der Waals surface area contributed by atoms with Gasteiger partial charge in [0, 0.05) is 4.47 Å². The molecule has 2 rings (SSSR count). The van der Waals surface area contributed by atoms with Crippen LogP contribution in [-0.4, -0.2) is 5.91 Å². The Morgan fingerprint density at radius 3 is 2.81 bits per heavy atom. The summed E-state index contributed by atoms with van der Waals surface area (Å²) in [5.41, 5.74) is 0.182. The van der Waals surface area contributed by atoms with Crippen LogP contribution in [0.25, 0.3) is 0 Å². The van der Waals surface area contributed by atoms with E-state index in [4.69, 9.17) is 0 Å². The van der Waals surface area contributed by atoms with Gasteiger partial charge in [0.25, 0.3) is 5.91 Å². The smallest absolute Gasteiger partial charge is 0.265 e. The van der Waals surface area contributed by atoms with Crippen molar-refractivity contribution in [2.75, 3.05) is 5.32 Å². The number of amides is 1. The summed E-state index contributed by atoms with van der Waals surface area (Å²) >= 11 is 4.47. The molecule has 1 amide bonds. The third-order valence-electron chi connectivity index (χ3n) is 1.92. The van der Waals surface area contributed by atoms with Gasteiger partial charge >= 0.3 is 0 Å². The van der Waals surface area contributed by atoms with E-state index in [0.29, 0.717) is 9.35 Å². The molecule has 1 heterocycles. The SMILES string of the molecule is O=C(Nc1ccc(Br)cc1F)c1cccs1. The minimum atomic E-state index is -0.459. The molecule has 0 radical (unpaired) electrons. The first-order chi connectivity index (χ1) is 7.66. The fourth-order valence-electron chi connectivity index (χ4n) is 1.18. The molecule has 16 heavy (non-hydrogen) atoms. The van der Waals surface area contributed by atoms with E-state index < -0.39 is 5.82 Å². The molecule has 1 aromatic heterocycles. The summed E-state index contributed by atoms with van der Waals surface area (Å²) in [5, 5.41) is 4.31. The predicted molar refractivity (Wildman–Crippen MR) is 66.4 cm³/mol. The van der Waals surface area contributed by atoms with Gasteiger partial charge in [0.15, 0.2) is 0 Å². The number of hydrogen-bond donors (Lipinski definition) is 1. The van der Waals surface area contributed by atoms with Crippen LogP contribution in [0.15, 0.2) is 40.2 Å². The maximum absolute atomic E-state index is 13.4. The third kappa shape index (κ3) is 2.48. The van der Waals surface area contributed by atoms with Gasteiger partial charge < -0.3 is 5.32 Å². The summed E-state index contributed by atoms with van der Waals surface area (Å²) in [6.07, 6.45) is 0. The second kappa shape index (κ2) is 4.76. The molecule has 82 valence electrons.